The van der Waals surface area contributed by atoms with Gasteiger partial charge in [-0.1, -0.05) is 36.4 Å². The van der Waals surface area contributed by atoms with E-state index in [-0.39, 0.29) is 17.9 Å². The maximum Gasteiger partial charge on any atom is 0.320 e. The van der Waals surface area contributed by atoms with Crippen LogP contribution in [0.2, 0.25) is 0 Å². The Morgan fingerprint density at radius 2 is 1.88 bits per heavy atom. The standard InChI is InChI=1S/C17H20N2O4S/c1-12-7-8-15(9-14(12)10-16(18)17(20)21)24(22,23)19-11-13-5-3-2-4-6-13/h2-9,16,19H,10-11,18H2,1H3,(H,20,21)/t16-/m0/s1. The van der Waals surface area contributed by atoms with Crippen molar-refractivity contribution < 1.29 is 18.3 Å². The predicted octanol–water partition coefficient (Wildman–Crippen LogP) is 1.43. The average molecular weight is 348 g/mol. The predicted molar refractivity (Wildman–Crippen MR) is 91.0 cm³/mol. The molecular formula is C17H20N2O4S. The molecular weight excluding hydrogens is 328 g/mol. The minimum absolute atomic E-state index is 0.0726. The van der Waals surface area contributed by atoms with Gasteiger partial charge in [0.15, 0.2) is 0 Å². The topological polar surface area (TPSA) is 109 Å². The summed E-state index contributed by atoms with van der Waals surface area (Å²) in [7, 11) is -3.69. The van der Waals surface area contributed by atoms with Crippen molar-refractivity contribution in [1.29, 1.82) is 0 Å². The Kier molecular flexibility index (Phi) is 5.71. The second-order valence-electron chi connectivity index (χ2n) is 5.55. The normalized spacial score (nSPS) is 12.8. The van der Waals surface area contributed by atoms with Gasteiger partial charge in [-0.05, 0) is 42.2 Å². The Hall–Kier alpha value is -2.22. The number of carboxylic acid groups (broad SMARTS) is 1. The molecule has 0 heterocycles. The molecule has 0 saturated heterocycles. The maximum absolute atomic E-state index is 12.4. The fraction of sp³-hybridized carbons (Fsp3) is 0.235. The Bertz CT molecular complexity index is 820. The number of aliphatic carboxylic acids is 1. The molecule has 2 aromatic carbocycles. The molecule has 0 saturated carbocycles. The van der Waals surface area contributed by atoms with Crippen LogP contribution in [0, 0.1) is 6.92 Å². The van der Waals surface area contributed by atoms with Gasteiger partial charge in [0.25, 0.3) is 0 Å². The Morgan fingerprint density at radius 1 is 1.21 bits per heavy atom. The molecule has 24 heavy (non-hydrogen) atoms. The van der Waals surface area contributed by atoms with E-state index in [1.165, 1.54) is 12.1 Å². The number of nitrogens with one attached hydrogen (secondary N) is 1. The molecule has 1 atom stereocenters. The zero-order valence-corrected chi connectivity index (χ0v) is 14.1. The Balaban J connectivity index is 2.19. The summed E-state index contributed by atoms with van der Waals surface area (Å²) in [5.41, 5.74) is 7.80. The van der Waals surface area contributed by atoms with Gasteiger partial charge in [0.1, 0.15) is 6.04 Å². The molecule has 4 N–H and O–H groups in total. The lowest BCUT2D eigenvalue weighted by molar-refractivity contribution is -0.138. The molecule has 2 rings (SSSR count). The highest BCUT2D eigenvalue weighted by atomic mass is 32.2. The van der Waals surface area contributed by atoms with Crippen molar-refractivity contribution in [2.45, 2.75) is 30.8 Å². The van der Waals surface area contributed by atoms with Crippen LogP contribution in [0.25, 0.3) is 0 Å². The first-order valence-electron chi connectivity index (χ1n) is 7.41. The summed E-state index contributed by atoms with van der Waals surface area (Å²) in [6, 6.07) is 12.7. The van der Waals surface area contributed by atoms with Crippen LogP contribution < -0.4 is 10.5 Å². The van der Waals surface area contributed by atoms with Gasteiger partial charge in [-0.25, -0.2) is 13.1 Å². The first-order chi connectivity index (χ1) is 11.3. The first-order valence-corrected chi connectivity index (χ1v) is 8.89. The van der Waals surface area contributed by atoms with E-state index in [2.05, 4.69) is 4.72 Å². The van der Waals surface area contributed by atoms with Gasteiger partial charge in [-0.2, -0.15) is 0 Å². The summed E-state index contributed by atoms with van der Waals surface area (Å²) in [6.07, 6.45) is 0.0726. The number of aryl methyl sites for hydroxylation is 1. The Labute approximate surface area is 141 Å². The number of sulfonamides is 1. The van der Waals surface area contributed by atoms with Gasteiger partial charge >= 0.3 is 5.97 Å². The monoisotopic (exact) mass is 348 g/mol. The second kappa shape index (κ2) is 7.57. The van der Waals surface area contributed by atoms with Crippen molar-refractivity contribution in [1.82, 2.24) is 4.72 Å². The molecule has 0 radical (unpaired) electrons. The summed E-state index contributed by atoms with van der Waals surface area (Å²) >= 11 is 0. The average Bonchev–Trinajstić information content (AvgIpc) is 2.55. The van der Waals surface area contributed by atoms with Gasteiger partial charge in [0, 0.05) is 6.54 Å². The summed E-state index contributed by atoms with van der Waals surface area (Å²) in [6.45, 7) is 1.97. The lowest BCUT2D eigenvalue weighted by atomic mass is 10.0. The third kappa shape index (κ3) is 4.64. The minimum atomic E-state index is -3.69. The molecule has 0 spiro atoms. The van der Waals surface area contributed by atoms with Crippen LogP contribution in [0.4, 0.5) is 0 Å². The summed E-state index contributed by atoms with van der Waals surface area (Å²) in [5.74, 6) is -1.12. The van der Waals surface area contributed by atoms with E-state index in [4.69, 9.17) is 10.8 Å². The SMILES string of the molecule is Cc1ccc(S(=O)(=O)NCc2ccccc2)cc1C[C@H](N)C(=O)O. The summed E-state index contributed by atoms with van der Waals surface area (Å²) in [5, 5.41) is 8.92. The fourth-order valence-electron chi connectivity index (χ4n) is 2.22. The fourth-order valence-corrected chi connectivity index (χ4v) is 3.28. The second-order valence-corrected chi connectivity index (χ2v) is 7.31. The molecule has 2 aromatic rings. The van der Waals surface area contributed by atoms with E-state index in [1.807, 2.05) is 30.3 Å². The van der Waals surface area contributed by atoms with Crippen molar-refractivity contribution in [3.8, 4) is 0 Å². The van der Waals surface area contributed by atoms with E-state index in [9.17, 15) is 13.2 Å². The molecule has 0 fully saturated rings. The minimum Gasteiger partial charge on any atom is -0.480 e. The molecule has 128 valence electrons. The van der Waals surface area contributed by atoms with E-state index in [1.54, 1.807) is 13.0 Å². The van der Waals surface area contributed by atoms with Crippen molar-refractivity contribution in [3.05, 3.63) is 65.2 Å². The smallest absolute Gasteiger partial charge is 0.320 e. The number of hydrogen-bond donors (Lipinski definition) is 3. The first kappa shape index (κ1) is 18.1. The van der Waals surface area contributed by atoms with Gasteiger partial charge in [-0.15, -0.1) is 0 Å². The molecule has 0 bridgehead atoms. The third-order valence-electron chi connectivity index (χ3n) is 3.70. The van der Waals surface area contributed by atoms with E-state index >= 15 is 0 Å². The van der Waals surface area contributed by atoms with Crippen LogP contribution in [0.15, 0.2) is 53.4 Å². The number of carboxylic acids is 1. The lowest BCUT2D eigenvalue weighted by Crippen LogP contribution is -2.32. The quantitative estimate of drug-likeness (QED) is 0.701. The molecule has 0 aliphatic carbocycles. The molecule has 0 aliphatic rings. The van der Waals surface area contributed by atoms with Crippen LogP contribution in [-0.2, 0) is 27.8 Å². The van der Waals surface area contributed by atoms with Crippen LogP contribution in [-0.4, -0.2) is 25.5 Å². The van der Waals surface area contributed by atoms with Crippen LogP contribution >= 0.6 is 0 Å². The van der Waals surface area contributed by atoms with Gasteiger partial charge in [-0.3, -0.25) is 4.79 Å². The van der Waals surface area contributed by atoms with Crippen molar-refractivity contribution >= 4 is 16.0 Å². The largest absolute Gasteiger partial charge is 0.480 e. The van der Waals surface area contributed by atoms with Gasteiger partial charge in [0.2, 0.25) is 10.0 Å². The van der Waals surface area contributed by atoms with Crippen molar-refractivity contribution in [2.75, 3.05) is 0 Å². The molecule has 0 aromatic heterocycles. The van der Waals surface area contributed by atoms with E-state index in [0.717, 1.165) is 11.1 Å². The van der Waals surface area contributed by atoms with Crippen LogP contribution in [0.1, 0.15) is 16.7 Å². The van der Waals surface area contributed by atoms with Gasteiger partial charge < -0.3 is 10.8 Å². The highest BCUT2D eigenvalue weighted by molar-refractivity contribution is 7.89. The zero-order chi connectivity index (χ0) is 17.7. The summed E-state index contributed by atoms with van der Waals surface area (Å²) in [4.78, 5) is 11.0. The van der Waals surface area contributed by atoms with E-state index < -0.39 is 22.0 Å². The van der Waals surface area contributed by atoms with Crippen molar-refractivity contribution in [2.24, 2.45) is 5.73 Å². The molecule has 6 nitrogen and oxygen atoms in total. The number of hydrogen-bond acceptors (Lipinski definition) is 4. The Morgan fingerprint density at radius 3 is 2.50 bits per heavy atom. The highest BCUT2D eigenvalue weighted by Crippen LogP contribution is 2.17. The number of benzene rings is 2. The van der Waals surface area contributed by atoms with Crippen molar-refractivity contribution in [3.63, 3.8) is 0 Å². The lowest BCUT2D eigenvalue weighted by Gasteiger charge is -2.12. The third-order valence-corrected chi connectivity index (χ3v) is 5.10. The number of nitrogens with two attached hydrogens (primary N) is 1. The number of carbonyl (C=O) groups is 1. The number of rotatable bonds is 7. The molecule has 0 aliphatic heterocycles. The summed E-state index contributed by atoms with van der Waals surface area (Å²) < 4.78 is 27.4. The maximum atomic E-state index is 12.4. The molecule has 0 unspecified atom stereocenters. The molecule has 7 heteroatoms. The van der Waals surface area contributed by atoms with Gasteiger partial charge in [0.05, 0.1) is 4.90 Å². The highest BCUT2D eigenvalue weighted by Gasteiger charge is 2.18. The van der Waals surface area contributed by atoms with Crippen LogP contribution in [0.3, 0.4) is 0 Å². The zero-order valence-electron chi connectivity index (χ0n) is 13.3. The van der Waals surface area contributed by atoms with Crippen LogP contribution in [0.5, 0.6) is 0 Å². The molecule has 0 amide bonds. The van der Waals surface area contributed by atoms with E-state index in [0.29, 0.717) is 5.56 Å².